The summed E-state index contributed by atoms with van der Waals surface area (Å²) in [5, 5.41) is 3.97. The van der Waals surface area contributed by atoms with E-state index in [1.165, 1.54) is 12.3 Å². The fourth-order valence-corrected chi connectivity index (χ4v) is 2.58. The van der Waals surface area contributed by atoms with Gasteiger partial charge in [-0.25, -0.2) is 10.2 Å². The molecule has 3 rings (SSSR count). The van der Waals surface area contributed by atoms with Gasteiger partial charge in [-0.15, -0.1) is 0 Å². The van der Waals surface area contributed by atoms with Crippen molar-refractivity contribution in [2.45, 2.75) is 19.8 Å². The lowest BCUT2D eigenvalue weighted by Gasteiger charge is -2.05. The molecular weight excluding hydrogens is 368 g/mol. The summed E-state index contributed by atoms with van der Waals surface area (Å²) in [6, 6.07) is 18.1. The first-order valence-corrected chi connectivity index (χ1v) is 9.39. The van der Waals surface area contributed by atoms with Crippen LogP contribution in [0.25, 0.3) is 11.3 Å². The molecule has 7 heteroatoms. The van der Waals surface area contributed by atoms with Crippen molar-refractivity contribution in [3.63, 3.8) is 0 Å². The molecule has 0 aliphatic heterocycles. The first kappa shape index (κ1) is 20.0. The van der Waals surface area contributed by atoms with Crippen molar-refractivity contribution in [3.8, 4) is 17.0 Å². The number of ether oxygens (including phenoxy) is 1. The Labute approximate surface area is 168 Å². The molecule has 1 aromatic heterocycles. The number of carbonyl (C=O) groups excluding carboxylic acids is 1. The lowest BCUT2D eigenvalue weighted by Crippen LogP contribution is -2.24. The fraction of sp³-hybridized carbons (Fsp3) is 0.182. The Morgan fingerprint density at radius 1 is 1.17 bits per heavy atom. The Morgan fingerprint density at radius 2 is 2.00 bits per heavy atom. The standard InChI is InChI=1S/C22H22N4O3/c1-2-3-12-29-18-11-7-8-16(13-18)15-23-26-21(27)20-14-19(24-22(28)25-20)17-9-5-4-6-10-17/h4-11,13-15H,2-3,12H2,1H3,(H,26,27)(H,24,25,28)/b23-15+. The third-order valence-electron chi connectivity index (χ3n) is 4.06. The van der Waals surface area contributed by atoms with Crippen molar-refractivity contribution < 1.29 is 9.53 Å². The van der Waals surface area contributed by atoms with Gasteiger partial charge < -0.3 is 9.72 Å². The number of hydrazone groups is 1. The van der Waals surface area contributed by atoms with Crippen LogP contribution in [0.1, 0.15) is 35.8 Å². The third kappa shape index (κ3) is 5.87. The van der Waals surface area contributed by atoms with Crippen molar-refractivity contribution in [1.29, 1.82) is 0 Å². The molecule has 1 heterocycles. The maximum absolute atomic E-state index is 12.4. The topological polar surface area (TPSA) is 96.4 Å². The molecule has 0 aliphatic carbocycles. The second kappa shape index (κ2) is 9.98. The largest absolute Gasteiger partial charge is 0.494 e. The second-order valence-electron chi connectivity index (χ2n) is 6.32. The lowest BCUT2D eigenvalue weighted by atomic mass is 10.1. The van der Waals surface area contributed by atoms with E-state index in [1.807, 2.05) is 54.6 Å². The van der Waals surface area contributed by atoms with E-state index >= 15 is 0 Å². The van der Waals surface area contributed by atoms with Crippen LogP contribution in [0.15, 0.2) is 70.6 Å². The summed E-state index contributed by atoms with van der Waals surface area (Å²) >= 11 is 0. The Balaban J connectivity index is 1.67. The van der Waals surface area contributed by atoms with E-state index in [1.54, 1.807) is 0 Å². The van der Waals surface area contributed by atoms with Crippen LogP contribution in [0.4, 0.5) is 0 Å². The number of hydrogen-bond donors (Lipinski definition) is 2. The van der Waals surface area contributed by atoms with Gasteiger partial charge in [0.2, 0.25) is 0 Å². The number of unbranched alkanes of at least 4 members (excludes halogenated alkanes) is 1. The SMILES string of the molecule is CCCCOc1cccc(/C=N/NC(=O)c2cc(-c3ccccc3)nc(=O)[nH]2)c1. The third-order valence-corrected chi connectivity index (χ3v) is 4.06. The summed E-state index contributed by atoms with van der Waals surface area (Å²) in [6.45, 7) is 2.76. The van der Waals surface area contributed by atoms with Crippen LogP contribution in [0.2, 0.25) is 0 Å². The summed E-state index contributed by atoms with van der Waals surface area (Å²) in [4.78, 5) is 30.5. The highest BCUT2D eigenvalue weighted by Gasteiger charge is 2.10. The smallest absolute Gasteiger partial charge is 0.346 e. The molecular formula is C22H22N4O3. The molecule has 7 nitrogen and oxygen atoms in total. The Morgan fingerprint density at radius 3 is 2.79 bits per heavy atom. The van der Waals surface area contributed by atoms with Gasteiger partial charge in [0.25, 0.3) is 5.91 Å². The summed E-state index contributed by atoms with van der Waals surface area (Å²) in [6.07, 6.45) is 3.57. The summed E-state index contributed by atoms with van der Waals surface area (Å²) in [5.74, 6) is 0.216. The van der Waals surface area contributed by atoms with E-state index in [-0.39, 0.29) is 5.69 Å². The molecule has 0 saturated carbocycles. The molecule has 3 aromatic rings. The molecule has 2 aromatic carbocycles. The number of carbonyl (C=O) groups is 1. The number of rotatable bonds is 8. The summed E-state index contributed by atoms with van der Waals surface area (Å²) < 4.78 is 5.66. The molecule has 2 N–H and O–H groups in total. The minimum atomic E-state index is -0.600. The molecule has 0 bridgehead atoms. The molecule has 0 atom stereocenters. The van der Waals surface area contributed by atoms with Crippen LogP contribution >= 0.6 is 0 Å². The van der Waals surface area contributed by atoms with Crippen LogP contribution in [-0.4, -0.2) is 28.7 Å². The van der Waals surface area contributed by atoms with E-state index in [0.717, 1.165) is 29.7 Å². The van der Waals surface area contributed by atoms with Crippen LogP contribution in [0.3, 0.4) is 0 Å². The number of nitrogens with zero attached hydrogens (tertiary/aromatic N) is 2. The Hall–Kier alpha value is -3.74. The van der Waals surface area contributed by atoms with Crippen molar-refractivity contribution in [3.05, 3.63) is 82.4 Å². The van der Waals surface area contributed by atoms with Gasteiger partial charge in [-0.05, 0) is 30.2 Å². The van der Waals surface area contributed by atoms with Crippen molar-refractivity contribution in [2.24, 2.45) is 5.10 Å². The van der Waals surface area contributed by atoms with Crippen molar-refractivity contribution in [2.75, 3.05) is 6.61 Å². The number of H-pyrrole nitrogens is 1. The van der Waals surface area contributed by atoms with Gasteiger partial charge in [0, 0.05) is 5.56 Å². The minimum Gasteiger partial charge on any atom is -0.494 e. The van der Waals surface area contributed by atoms with Gasteiger partial charge in [0.1, 0.15) is 11.4 Å². The average molecular weight is 390 g/mol. The van der Waals surface area contributed by atoms with Crippen molar-refractivity contribution >= 4 is 12.1 Å². The van der Waals surface area contributed by atoms with Crippen LogP contribution in [0, 0.1) is 0 Å². The molecule has 0 radical (unpaired) electrons. The molecule has 0 unspecified atom stereocenters. The van der Waals surface area contributed by atoms with Crippen LogP contribution in [0.5, 0.6) is 5.75 Å². The van der Waals surface area contributed by atoms with Crippen LogP contribution < -0.4 is 15.9 Å². The summed E-state index contributed by atoms with van der Waals surface area (Å²) in [5.41, 5.74) is 3.85. The molecule has 0 fully saturated rings. The highest BCUT2D eigenvalue weighted by molar-refractivity contribution is 5.93. The maximum atomic E-state index is 12.4. The van der Waals surface area contributed by atoms with E-state index in [9.17, 15) is 9.59 Å². The number of aromatic nitrogens is 2. The highest BCUT2D eigenvalue weighted by atomic mass is 16.5. The zero-order valence-electron chi connectivity index (χ0n) is 16.1. The van der Waals surface area contributed by atoms with Gasteiger partial charge >= 0.3 is 5.69 Å². The van der Waals surface area contributed by atoms with Crippen molar-refractivity contribution in [1.82, 2.24) is 15.4 Å². The van der Waals surface area contributed by atoms with Gasteiger partial charge in [-0.1, -0.05) is 55.8 Å². The average Bonchev–Trinajstić information content (AvgIpc) is 2.74. The zero-order chi connectivity index (χ0) is 20.5. The number of amides is 1. The van der Waals surface area contributed by atoms with Gasteiger partial charge in [0.05, 0.1) is 18.5 Å². The first-order valence-electron chi connectivity index (χ1n) is 9.39. The molecule has 1 amide bonds. The van der Waals surface area contributed by atoms with E-state index in [2.05, 4.69) is 27.4 Å². The molecule has 29 heavy (non-hydrogen) atoms. The second-order valence-corrected chi connectivity index (χ2v) is 6.32. The molecule has 0 saturated heterocycles. The first-order chi connectivity index (χ1) is 14.2. The maximum Gasteiger partial charge on any atom is 0.346 e. The highest BCUT2D eigenvalue weighted by Crippen LogP contribution is 2.15. The minimum absolute atomic E-state index is 0.0812. The van der Waals surface area contributed by atoms with Gasteiger partial charge in [-0.2, -0.15) is 10.1 Å². The molecule has 0 spiro atoms. The molecule has 148 valence electrons. The van der Waals surface area contributed by atoms with E-state index in [0.29, 0.717) is 12.3 Å². The number of aromatic amines is 1. The lowest BCUT2D eigenvalue weighted by molar-refractivity contribution is 0.0949. The zero-order valence-corrected chi connectivity index (χ0v) is 16.1. The quantitative estimate of drug-likeness (QED) is 0.350. The molecule has 0 aliphatic rings. The number of hydrogen-bond acceptors (Lipinski definition) is 5. The predicted molar refractivity (Wildman–Crippen MR) is 112 cm³/mol. The Kier molecular flexibility index (Phi) is 6.89. The van der Waals surface area contributed by atoms with Gasteiger partial charge in [-0.3, -0.25) is 4.79 Å². The normalized spacial score (nSPS) is 10.8. The van der Waals surface area contributed by atoms with Gasteiger partial charge in [0.15, 0.2) is 0 Å². The Bertz CT molecular complexity index is 1050. The number of benzene rings is 2. The van der Waals surface area contributed by atoms with E-state index in [4.69, 9.17) is 4.74 Å². The number of nitrogens with one attached hydrogen (secondary N) is 2. The monoisotopic (exact) mass is 390 g/mol. The fourth-order valence-electron chi connectivity index (χ4n) is 2.58. The van der Waals surface area contributed by atoms with E-state index < -0.39 is 11.6 Å². The summed E-state index contributed by atoms with van der Waals surface area (Å²) in [7, 11) is 0. The predicted octanol–water partition coefficient (Wildman–Crippen LogP) is 3.38. The van der Waals surface area contributed by atoms with Crippen LogP contribution in [-0.2, 0) is 0 Å².